The van der Waals surface area contributed by atoms with E-state index in [0.717, 1.165) is 6.42 Å². The highest BCUT2D eigenvalue weighted by Crippen LogP contribution is 2.25. The Hall–Kier alpha value is -1.14. The summed E-state index contributed by atoms with van der Waals surface area (Å²) < 4.78 is 5.01. The first-order valence-corrected chi connectivity index (χ1v) is 5.81. The first-order chi connectivity index (χ1) is 8.06. The van der Waals surface area contributed by atoms with Crippen molar-refractivity contribution in [1.82, 2.24) is 5.32 Å². The van der Waals surface area contributed by atoms with Gasteiger partial charge in [-0.3, -0.25) is 9.59 Å². The predicted octanol–water partition coefficient (Wildman–Crippen LogP) is -0.280. The summed E-state index contributed by atoms with van der Waals surface area (Å²) in [6.45, 7) is 0.298. The third kappa shape index (κ3) is 4.32. The zero-order chi connectivity index (χ0) is 12.8. The lowest BCUT2D eigenvalue weighted by atomic mass is 10.1. The molecule has 0 spiro atoms. The van der Waals surface area contributed by atoms with E-state index in [1.165, 1.54) is 7.11 Å². The average Bonchev–Trinajstić information content (AvgIpc) is 2.74. The first kappa shape index (κ1) is 13.9. The number of rotatable bonds is 6. The van der Waals surface area contributed by atoms with E-state index >= 15 is 0 Å². The molecule has 3 atom stereocenters. The molecule has 0 aromatic heterocycles. The van der Waals surface area contributed by atoms with Crippen LogP contribution in [0, 0.1) is 5.92 Å². The molecule has 6 heteroatoms. The van der Waals surface area contributed by atoms with Gasteiger partial charge in [0, 0.05) is 19.7 Å². The summed E-state index contributed by atoms with van der Waals surface area (Å²) in [5, 5.41) is 11.7. The molecule has 0 heterocycles. The molecule has 1 fully saturated rings. The fraction of sp³-hybridized carbons (Fsp3) is 0.818. The molecule has 17 heavy (non-hydrogen) atoms. The van der Waals surface area contributed by atoms with Crippen LogP contribution in [-0.4, -0.2) is 42.8 Å². The molecule has 0 aromatic rings. The fourth-order valence-electron chi connectivity index (χ4n) is 2.09. The van der Waals surface area contributed by atoms with Gasteiger partial charge >= 0.3 is 5.97 Å². The maximum atomic E-state index is 11.6. The molecule has 0 saturated heterocycles. The number of hydrogen-bond donors (Lipinski definition) is 3. The maximum absolute atomic E-state index is 11.6. The first-order valence-electron chi connectivity index (χ1n) is 5.81. The van der Waals surface area contributed by atoms with Crippen LogP contribution in [-0.2, 0) is 14.3 Å². The number of carboxylic acids is 1. The second kappa shape index (κ2) is 6.56. The van der Waals surface area contributed by atoms with Crippen molar-refractivity contribution in [2.24, 2.45) is 11.7 Å². The number of methoxy groups -OCH3 is 1. The summed E-state index contributed by atoms with van der Waals surface area (Å²) in [7, 11) is 1.51. The lowest BCUT2D eigenvalue weighted by Gasteiger charge is -2.16. The van der Waals surface area contributed by atoms with E-state index in [1.807, 2.05) is 0 Å². The lowest BCUT2D eigenvalue weighted by Crippen LogP contribution is -2.37. The Bertz CT molecular complexity index is 279. The largest absolute Gasteiger partial charge is 0.481 e. The van der Waals surface area contributed by atoms with Crippen LogP contribution >= 0.6 is 0 Å². The number of carbonyl (C=O) groups is 2. The van der Waals surface area contributed by atoms with Crippen molar-refractivity contribution in [3.8, 4) is 0 Å². The molecule has 98 valence electrons. The minimum atomic E-state index is -0.779. The molecular formula is C11H20N2O4. The number of ether oxygens (including phenoxy) is 1. The average molecular weight is 244 g/mol. The highest BCUT2D eigenvalue weighted by atomic mass is 16.5. The molecule has 1 aliphatic carbocycles. The Morgan fingerprint density at radius 2 is 2.24 bits per heavy atom. The summed E-state index contributed by atoms with van der Waals surface area (Å²) in [6, 6.07) is -0.0288. The van der Waals surface area contributed by atoms with Crippen molar-refractivity contribution in [3.63, 3.8) is 0 Å². The molecule has 1 aliphatic rings. The van der Waals surface area contributed by atoms with Crippen LogP contribution in [0.4, 0.5) is 0 Å². The number of carboxylic acid groups (broad SMARTS) is 1. The van der Waals surface area contributed by atoms with Crippen LogP contribution in [0.15, 0.2) is 0 Å². The zero-order valence-corrected chi connectivity index (χ0v) is 10.0. The molecule has 6 nitrogen and oxygen atoms in total. The number of nitrogens with one attached hydrogen (secondary N) is 1. The SMILES string of the molecule is COC(CN)CC(=O)N[C@H]1CC[C@@H](C(=O)O)C1. The van der Waals surface area contributed by atoms with E-state index < -0.39 is 5.97 Å². The highest BCUT2D eigenvalue weighted by Gasteiger charge is 2.30. The van der Waals surface area contributed by atoms with Gasteiger partial charge in [-0.2, -0.15) is 0 Å². The van der Waals surface area contributed by atoms with Crippen molar-refractivity contribution in [2.45, 2.75) is 37.8 Å². The second-order valence-electron chi connectivity index (χ2n) is 4.41. The van der Waals surface area contributed by atoms with E-state index in [-0.39, 0.29) is 30.4 Å². The number of nitrogens with two attached hydrogens (primary N) is 1. The summed E-state index contributed by atoms with van der Waals surface area (Å²) in [5.74, 6) is -1.23. The van der Waals surface area contributed by atoms with Gasteiger partial charge in [0.05, 0.1) is 18.4 Å². The van der Waals surface area contributed by atoms with Crippen molar-refractivity contribution < 1.29 is 19.4 Å². The molecule has 1 saturated carbocycles. The van der Waals surface area contributed by atoms with E-state index in [4.69, 9.17) is 15.6 Å². The van der Waals surface area contributed by atoms with Crippen molar-refractivity contribution >= 4 is 11.9 Å². The van der Waals surface area contributed by atoms with Crippen LogP contribution in [0.2, 0.25) is 0 Å². The minimum absolute atomic E-state index is 0.0288. The van der Waals surface area contributed by atoms with Crippen molar-refractivity contribution in [2.75, 3.05) is 13.7 Å². The monoisotopic (exact) mass is 244 g/mol. The maximum Gasteiger partial charge on any atom is 0.306 e. The molecule has 1 amide bonds. The quantitative estimate of drug-likeness (QED) is 0.596. The molecule has 0 radical (unpaired) electrons. The molecular weight excluding hydrogens is 224 g/mol. The van der Waals surface area contributed by atoms with E-state index in [2.05, 4.69) is 5.32 Å². The van der Waals surface area contributed by atoms with E-state index in [0.29, 0.717) is 19.4 Å². The molecule has 4 N–H and O–H groups in total. The number of carbonyl (C=O) groups excluding carboxylic acids is 1. The van der Waals surface area contributed by atoms with Gasteiger partial charge in [0.2, 0.25) is 5.91 Å². The van der Waals surface area contributed by atoms with Crippen LogP contribution in [0.3, 0.4) is 0 Å². The standard InChI is InChI=1S/C11H20N2O4/c1-17-9(6-12)5-10(14)13-8-3-2-7(4-8)11(15)16/h7-9H,2-6,12H2,1H3,(H,13,14)(H,15,16)/t7-,8+,9?/m1/s1. The van der Waals surface area contributed by atoms with Gasteiger partial charge in [0.15, 0.2) is 0 Å². The van der Waals surface area contributed by atoms with Gasteiger partial charge in [-0.1, -0.05) is 0 Å². The van der Waals surface area contributed by atoms with E-state index in [9.17, 15) is 9.59 Å². The Labute approximate surface area is 101 Å². The molecule has 0 aliphatic heterocycles. The Balaban J connectivity index is 2.30. The Morgan fingerprint density at radius 3 is 2.71 bits per heavy atom. The number of aliphatic carboxylic acids is 1. The summed E-state index contributed by atoms with van der Waals surface area (Å²) >= 11 is 0. The summed E-state index contributed by atoms with van der Waals surface area (Å²) in [4.78, 5) is 22.4. The van der Waals surface area contributed by atoms with Crippen molar-refractivity contribution in [1.29, 1.82) is 0 Å². The van der Waals surface area contributed by atoms with Gasteiger partial charge in [-0.15, -0.1) is 0 Å². The van der Waals surface area contributed by atoms with Gasteiger partial charge in [0.25, 0.3) is 0 Å². The van der Waals surface area contributed by atoms with E-state index in [1.54, 1.807) is 0 Å². The van der Waals surface area contributed by atoms with Gasteiger partial charge < -0.3 is 20.9 Å². The van der Waals surface area contributed by atoms with Gasteiger partial charge in [-0.05, 0) is 19.3 Å². The molecule has 1 rings (SSSR count). The number of hydrogen-bond acceptors (Lipinski definition) is 4. The smallest absolute Gasteiger partial charge is 0.306 e. The lowest BCUT2D eigenvalue weighted by molar-refractivity contribution is -0.141. The van der Waals surface area contributed by atoms with Gasteiger partial charge in [-0.25, -0.2) is 0 Å². The fourth-order valence-corrected chi connectivity index (χ4v) is 2.09. The summed E-state index contributed by atoms with van der Waals surface area (Å²) in [5.41, 5.74) is 5.42. The normalized spacial score (nSPS) is 25.5. The molecule has 0 aromatic carbocycles. The molecule has 1 unspecified atom stereocenters. The van der Waals surface area contributed by atoms with Crippen LogP contribution in [0.1, 0.15) is 25.7 Å². The van der Waals surface area contributed by atoms with Crippen LogP contribution < -0.4 is 11.1 Å². The highest BCUT2D eigenvalue weighted by molar-refractivity contribution is 5.77. The van der Waals surface area contributed by atoms with Gasteiger partial charge in [0.1, 0.15) is 0 Å². The summed E-state index contributed by atoms with van der Waals surface area (Å²) in [6.07, 6.45) is 1.82. The predicted molar refractivity (Wildman–Crippen MR) is 61.4 cm³/mol. The minimum Gasteiger partial charge on any atom is -0.481 e. The number of amides is 1. The third-order valence-corrected chi connectivity index (χ3v) is 3.16. The Morgan fingerprint density at radius 1 is 1.53 bits per heavy atom. The second-order valence-corrected chi connectivity index (χ2v) is 4.41. The third-order valence-electron chi connectivity index (χ3n) is 3.16. The Kier molecular flexibility index (Phi) is 5.37. The molecule has 0 bridgehead atoms. The topological polar surface area (TPSA) is 102 Å². The zero-order valence-electron chi connectivity index (χ0n) is 10.0. The van der Waals surface area contributed by atoms with Crippen molar-refractivity contribution in [3.05, 3.63) is 0 Å². The van der Waals surface area contributed by atoms with Crippen LogP contribution in [0.25, 0.3) is 0 Å². The van der Waals surface area contributed by atoms with Crippen LogP contribution in [0.5, 0.6) is 0 Å².